The van der Waals surface area contributed by atoms with Gasteiger partial charge in [0.05, 0.1) is 12.9 Å². The number of aromatic nitrogens is 4. The van der Waals surface area contributed by atoms with E-state index in [2.05, 4.69) is 30.6 Å². The molecule has 0 saturated heterocycles. The van der Waals surface area contributed by atoms with Crippen molar-refractivity contribution in [1.82, 2.24) is 19.9 Å². The zero-order valence-electron chi connectivity index (χ0n) is 13.0. The minimum atomic E-state index is 0.0211. The zero-order valence-corrected chi connectivity index (χ0v) is 13.0. The van der Waals surface area contributed by atoms with Crippen LogP contribution in [0.1, 0.15) is 0 Å². The monoisotopic (exact) mass is 313 g/mol. The van der Waals surface area contributed by atoms with Crippen LogP contribution in [0.4, 0.5) is 23.1 Å². The highest BCUT2D eigenvalue weighted by Gasteiger charge is 2.10. The number of aliphatic hydroxyl groups excluding tert-OH is 1. The molecule has 4 N–H and O–H groups in total. The molecular weight excluding hydrogens is 294 g/mol. The van der Waals surface area contributed by atoms with Gasteiger partial charge in [0.25, 0.3) is 0 Å². The van der Waals surface area contributed by atoms with Crippen LogP contribution in [0.25, 0.3) is 11.2 Å². The lowest BCUT2D eigenvalue weighted by Gasteiger charge is -2.14. The van der Waals surface area contributed by atoms with Gasteiger partial charge in [-0.05, 0) is 18.2 Å². The molecule has 8 nitrogen and oxygen atoms in total. The maximum absolute atomic E-state index is 8.99. The summed E-state index contributed by atoms with van der Waals surface area (Å²) in [5.41, 5.74) is 3.24. The Morgan fingerprint density at radius 3 is 2.91 bits per heavy atom. The van der Waals surface area contributed by atoms with E-state index in [0.29, 0.717) is 29.5 Å². The number of aromatic amines is 1. The standard InChI is InChI=1S/C15H19N7O/c1-22(2)11-5-3-4-10(8-11)19-15-20-13(16-6-7-23)12-14(21-15)18-9-17-12/h3-5,8-9,23H,6-7H2,1-2H3,(H3,16,17,18,19,20,21). The lowest BCUT2D eigenvalue weighted by atomic mass is 10.2. The van der Waals surface area contributed by atoms with Crippen LogP contribution in [0.2, 0.25) is 0 Å². The van der Waals surface area contributed by atoms with Crippen molar-refractivity contribution < 1.29 is 5.11 Å². The molecule has 0 radical (unpaired) electrons. The Labute approximate surface area is 133 Å². The van der Waals surface area contributed by atoms with Gasteiger partial charge >= 0.3 is 0 Å². The topological polar surface area (TPSA) is 102 Å². The van der Waals surface area contributed by atoms with Gasteiger partial charge in [0, 0.05) is 32.0 Å². The van der Waals surface area contributed by atoms with E-state index in [-0.39, 0.29) is 6.61 Å². The Morgan fingerprint density at radius 1 is 1.26 bits per heavy atom. The molecule has 23 heavy (non-hydrogen) atoms. The minimum Gasteiger partial charge on any atom is -0.395 e. The van der Waals surface area contributed by atoms with E-state index in [9.17, 15) is 0 Å². The highest BCUT2D eigenvalue weighted by atomic mass is 16.3. The molecule has 1 aromatic carbocycles. The van der Waals surface area contributed by atoms with E-state index < -0.39 is 0 Å². The lowest BCUT2D eigenvalue weighted by molar-refractivity contribution is 0.311. The minimum absolute atomic E-state index is 0.0211. The molecule has 0 aliphatic rings. The van der Waals surface area contributed by atoms with Gasteiger partial charge in [-0.15, -0.1) is 0 Å². The second-order valence-electron chi connectivity index (χ2n) is 5.22. The van der Waals surface area contributed by atoms with Crippen LogP contribution in [0, 0.1) is 0 Å². The smallest absolute Gasteiger partial charge is 0.231 e. The molecule has 0 amide bonds. The molecular formula is C15H19N7O. The number of nitrogens with zero attached hydrogens (tertiary/aromatic N) is 4. The Hall–Kier alpha value is -2.87. The third-order valence-electron chi connectivity index (χ3n) is 3.31. The molecule has 3 aromatic rings. The normalized spacial score (nSPS) is 10.7. The maximum Gasteiger partial charge on any atom is 0.231 e. The largest absolute Gasteiger partial charge is 0.395 e. The van der Waals surface area contributed by atoms with Crippen molar-refractivity contribution in [1.29, 1.82) is 0 Å². The lowest BCUT2D eigenvalue weighted by Crippen LogP contribution is -2.10. The summed E-state index contributed by atoms with van der Waals surface area (Å²) < 4.78 is 0. The zero-order chi connectivity index (χ0) is 16.2. The summed E-state index contributed by atoms with van der Waals surface area (Å²) in [4.78, 5) is 18.0. The number of fused-ring (bicyclic) bond motifs is 1. The number of anilines is 4. The third kappa shape index (κ3) is 3.32. The molecule has 3 rings (SSSR count). The van der Waals surface area contributed by atoms with Crippen molar-refractivity contribution in [3.8, 4) is 0 Å². The van der Waals surface area contributed by atoms with Crippen molar-refractivity contribution >= 4 is 34.3 Å². The number of H-pyrrole nitrogens is 1. The van der Waals surface area contributed by atoms with Gasteiger partial charge in [-0.3, -0.25) is 0 Å². The first-order valence-electron chi connectivity index (χ1n) is 7.27. The molecule has 0 aliphatic heterocycles. The highest BCUT2D eigenvalue weighted by Crippen LogP contribution is 2.23. The average Bonchev–Trinajstić information content (AvgIpc) is 3.01. The summed E-state index contributed by atoms with van der Waals surface area (Å²) in [6.45, 7) is 0.425. The summed E-state index contributed by atoms with van der Waals surface area (Å²) in [7, 11) is 3.98. The molecule has 8 heteroatoms. The molecule has 0 aliphatic carbocycles. The summed E-state index contributed by atoms with van der Waals surface area (Å²) >= 11 is 0. The molecule has 2 aromatic heterocycles. The van der Waals surface area contributed by atoms with Gasteiger partial charge in [-0.2, -0.15) is 9.97 Å². The second kappa shape index (κ2) is 6.49. The maximum atomic E-state index is 8.99. The van der Waals surface area contributed by atoms with Gasteiger partial charge in [-0.1, -0.05) is 6.07 Å². The van der Waals surface area contributed by atoms with E-state index in [1.165, 1.54) is 0 Å². The van der Waals surface area contributed by atoms with Gasteiger partial charge in [-0.25, -0.2) is 4.98 Å². The summed E-state index contributed by atoms with van der Waals surface area (Å²) in [5.74, 6) is 1.05. The van der Waals surface area contributed by atoms with E-state index in [0.717, 1.165) is 11.4 Å². The van der Waals surface area contributed by atoms with E-state index in [1.54, 1.807) is 6.33 Å². The molecule has 0 saturated carbocycles. The number of hydrogen-bond acceptors (Lipinski definition) is 7. The average molecular weight is 313 g/mol. The van der Waals surface area contributed by atoms with E-state index in [4.69, 9.17) is 5.11 Å². The number of nitrogens with one attached hydrogen (secondary N) is 3. The van der Waals surface area contributed by atoms with Crippen molar-refractivity contribution in [2.24, 2.45) is 0 Å². The molecule has 0 atom stereocenters. The van der Waals surface area contributed by atoms with Crippen LogP contribution < -0.4 is 15.5 Å². The van der Waals surface area contributed by atoms with E-state index >= 15 is 0 Å². The SMILES string of the molecule is CN(C)c1cccc(Nc2nc(NCCO)c3[nH]cnc3n2)c1. The van der Waals surface area contributed by atoms with Gasteiger partial charge < -0.3 is 25.6 Å². The van der Waals surface area contributed by atoms with Crippen LogP contribution in [-0.2, 0) is 0 Å². The number of aliphatic hydroxyl groups is 1. The van der Waals surface area contributed by atoms with Crippen LogP contribution in [0.15, 0.2) is 30.6 Å². The van der Waals surface area contributed by atoms with Crippen LogP contribution in [-0.4, -0.2) is 52.3 Å². The quantitative estimate of drug-likeness (QED) is 0.548. The van der Waals surface area contributed by atoms with Gasteiger partial charge in [0.2, 0.25) is 5.95 Å². The fourth-order valence-electron chi connectivity index (χ4n) is 2.18. The first-order chi connectivity index (χ1) is 11.2. The van der Waals surface area contributed by atoms with Crippen molar-refractivity contribution in [3.63, 3.8) is 0 Å². The molecule has 2 heterocycles. The predicted molar refractivity (Wildman–Crippen MR) is 91.3 cm³/mol. The number of rotatable bonds is 6. The summed E-state index contributed by atoms with van der Waals surface area (Å²) in [5, 5.41) is 15.2. The summed E-state index contributed by atoms with van der Waals surface area (Å²) in [6.07, 6.45) is 1.57. The summed E-state index contributed by atoms with van der Waals surface area (Å²) in [6, 6.07) is 7.96. The van der Waals surface area contributed by atoms with Crippen LogP contribution in [0.3, 0.4) is 0 Å². The van der Waals surface area contributed by atoms with Crippen LogP contribution in [0.5, 0.6) is 0 Å². The Balaban J connectivity index is 1.91. The first kappa shape index (κ1) is 15.0. The second-order valence-corrected chi connectivity index (χ2v) is 5.22. The Morgan fingerprint density at radius 2 is 2.13 bits per heavy atom. The Bertz CT molecular complexity index is 799. The third-order valence-corrected chi connectivity index (χ3v) is 3.31. The van der Waals surface area contributed by atoms with E-state index in [1.807, 2.05) is 43.3 Å². The fraction of sp³-hybridized carbons (Fsp3) is 0.267. The highest BCUT2D eigenvalue weighted by molar-refractivity contribution is 5.84. The molecule has 0 bridgehead atoms. The van der Waals surface area contributed by atoms with Gasteiger partial charge in [0.1, 0.15) is 5.52 Å². The van der Waals surface area contributed by atoms with Crippen molar-refractivity contribution in [2.75, 3.05) is 42.8 Å². The first-order valence-corrected chi connectivity index (χ1v) is 7.27. The van der Waals surface area contributed by atoms with Crippen molar-refractivity contribution in [3.05, 3.63) is 30.6 Å². The number of hydrogen-bond donors (Lipinski definition) is 4. The molecule has 0 unspecified atom stereocenters. The van der Waals surface area contributed by atoms with Crippen molar-refractivity contribution in [2.45, 2.75) is 0 Å². The molecule has 0 spiro atoms. The molecule has 120 valence electrons. The number of benzene rings is 1. The Kier molecular flexibility index (Phi) is 4.24. The fourth-order valence-corrected chi connectivity index (χ4v) is 2.18. The van der Waals surface area contributed by atoms with Crippen LogP contribution >= 0.6 is 0 Å². The molecule has 0 fully saturated rings. The number of imidazole rings is 1. The van der Waals surface area contributed by atoms with Gasteiger partial charge in [0.15, 0.2) is 11.5 Å². The predicted octanol–water partition coefficient (Wildman–Crippen LogP) is 1.57.